The Balaban J connectivity index is 2.28. The van der Waals surface area contributed by atoms with Crippen molar-refractivity contribution in [3.05, 3.63) is 65.2 Å². The highest BCUT2D eigenvalue weighted by Crippen LogP contribution is 2.38. The number of rotatable bonds is 10. The van der Waals surface area contributed by atoms with Crippen molar-refractivity contribution in [2.24, 2.45) is 0 Å². The van der Waals surface area contributed by atoms with E-state index in [-0.39, 0.29) is 23.5 Å². The fourth-order valence-electron chi connectivity index (χ4n) is 4.78. The minimum atomic E-state index is -4.27. The summed E-state index contributed by atoms with van der Waals surface area (Å²) in [6, 6.07) is 13.3. The molecule has 0 radical (unpaired) electrons. The van der Waals surface area contributed by atoms with Crippen LogP contribution in [0.3, 0.4) is 0 Å². The fraction of sp³-hybridized carbons (Fsp3) is 0.286. The van der Waals surface area contributed by atoms with Crippen molar-refractivity contribution in [2.45, 2.75) is 45.1 Å². The first-order chi connectivity index (χ1) is 17.4. The highest BCUT2D eigenvalue weighted by Gasteiger charge is 2.32. The maximum absolute atomic E-state index is 14.0. The second-order valence-electron chi connectivity index (χ2n) is 9.06. The van der Waals surface area contributed by atoms with Crippen molar-refractivity contribution in [3.8, 4) is 12.3 Å². The topological polar surface area (TPSA) is 115 Å². The van der Waals surface area contributed by atoms with Gasteiger partial charge < -0.3 is 15.1 Å². The van der Waals surface area contributed by atoms with Gasteiger partial charge in [-0.15, -0.1) is 6.42 Å². The van der Waals surface area contributed by atoms with Crippen LogP contribution in [0.15, 0.2) is 53.4 Å². The molecule has 8 nitrogen and oxygen atoms in total. The highest BCUT2D eigenvalue weighted by molar-refractivity contribution is 7.93. The summed E-state index contributed by atoms with van der Waals surface area (Å²) in [7, 11) is -4.27. The zero-order valence-corrected chi connectivity index (χ0v) is 22.0. The number of carbonyl (C=O) groups is 2. The van der Waals surface area contributed by atoms with Crippen LogP contribution in [-0.2, 0) is 19.6 Å². The molecule has 0 aliphatic carbocycles. The number of aryl methyl sites for hydroxylation is 3. The van der Waals surface area contributed by atoms with Gasteiger partial charge in [0, 0.05) is 22.5 Å². The Bertz CT molecular complexity index is 1480. The van der Waals surface area contributed by atoms with Crippen molar-refractivity contribution in [3.63, 3.8) is 0 Å². The molecule has 0 aliphatic rings. The summed E-state index contributed by atoms with van der Waals surface area (Å²) in [6.07, 6.45) is 5.43. The number of carboxylic acids is 2. The standard InChI is InChI=1S/C28H30N2O6S/c1-6-13-29(21(5)16-26(31)32)24-11-12-25(23-10-8-7-9-22(23)24)30(17-27(33)34)37(35,36)28-19(3)14-18(2)15-20(28)4/h1,7-12,14-15,21H,13,16-17H2,2-5H3,(H,31,32)(H,33,34)/t21-/m0/s1. The Morgan fingerprint density at radius 2 is 1.49 bits per heavy atom. The average molecular weight is 523 g/mol. The van der Waals surface area contributed by atoms with Crippen molar-refractivity contribution >= 4 is 44.1 Å². The zero-order chi connectivity index (χ0) is 27.5. The van der Waals surface area contributed by atoms with E-state index < -0.39 is 34.5 Å². The van der Waals surface area contributed by atoms with Gasteiger partial charge in [0.25, 0.3) is 10.0 Å². The third-order valence-electron chi connectivity index (χ3n) is 6.15. The molecule has 3 aromatic carbocycles. The molecule has 9 heteroatoms. The minimum Gasteiger partial charge on any atom is -0.481 e. The number of sulfonamides is 1. The van der Waals surface area contributed by atoms with E-state index in [1.165, 1.54) is 0 Å². The normalized spacial score (nSPS) is 12.1. The second kappa shape index (κ2) is 10.9. The summed E-state index contributed by atoms with van der Waals surface area (Å²) in [4.78, 5) is 25.1. The predicted molar refractivity (Wildman–Crippen MR) is 145 cm³/mol. The molecule has 2 N–H and O–H groups in total. The molecule has 0 aliphatic heterocycles. The number of fused-ring (bicyclic) bond motifs is 1. The third-order valence-corrected chi connectivity index (χ3v) is 8.22. The molecule has 3 aromatic rings. The third kappa shape index (κ3) is 5.70. The summed E-state index contributed by atoms with van der Waals surface area (Å²) in [6.45, 7) is 6.35. The van der Waals surface area contributed by atoms with E-state index in [9.17, 15) is 28.2 Å². The SMILES string of the molecule is C#CCN(c1ccc(N(CC(=O)O)S(=O)(=O)c2c(C)cc(C)cc2C)c2ccccc12)[C@@H](C)CC(=O)O. The molecule has 1 atom stereocenters. The number of anilines is 2. The number of hydrogen-bond acceptors (Lipinski definition) is 5. The van der Waals surface area contributed by atoms with Crippen LogP contribution in [0.5, 0.6) is 0 Å². The molecule has 0 bridgehead atoms. The number of carboxylic acid groups (broad SMARTS) is 2. The van der Waals surface area contributed by atoms with E-state index >= 15 is 0 Å². The van der Waals surface area contributed by atoms with Crippen LogP contribution >= 0.6 is 0 Å². The van der Waals surface area contributed by atoms with Crippen LogP contribution in [0.25, 0.3) is 10.8 Å². The van der Waals surface area contributed by atoms with Gasteiger partial charge in [-0.05, 0) is 51.0 Å². The van der Waals surface area contributed by atoms with Crippen molar-refractivity contribution < 1.29 is 28.2 Å². The number of hydrogen-bond donors (Lipinski definition) is 2. The summed E-state index contributed by atoms with van der Waals surface area (Å²) in [5, 5.41) is 20.1. The van der Waals surface area contributed by atoms with E-state index in [1.54, 1.807) is 74.2 Å². The van der Waals surface area contributed by atoms with E-state index in [1.807, 2.05) is 6.92 Å². The van der Waals surface area contributed by atoms with Gasteiger partial charge in [-0.1, -0.05) is 47.9 Å². The maximum Gasteiger partial charge on any atom is 0.324 e. The van der Waals surface area contributed by atoms with Gasteiger partial charge in [-0.3, -0.25) is 13.9 Å². The van der Waals surface area contributed by atoms with E-state index in [4.69, 9.17) is 6.42 Å². The lowest BCUT2D eigenvalue weighted by Gasteiger charge is -2.31. The lowest BCUT2D eigenvalue weighted by molar-refractivity contribution is -0.137. The lowest BCUT2D eigenvalue weighted by Crippen LogP contribution is -2.37. The monoisotopic (exact) mass is 522 g/mol. The first-order valence-corrected chi connectivity index (χ1v) is 13.1. The van der Waals surface area contributed by atoms with E-state index in [2.05, 4.69) is 5.92 Å². The zero-order valence-electron chi connectivity index (χ0n) is 21.2. The van der Waals surface area contributed by atoms with Gasteiger partial charge in [0.1, 0.15) is 6.54 Å². The van der Waals surface area contributed by atoms with E-state index in [0.29, 0.717) is 27.6 Å². The molecule has 3 rings (SSSR count). The highest BCUT2D eigenvalue weighted by atomic mass is 32.2. The molecular weight excluding hydrogens is 492 g/mol. The molecule has 0 amide bonds. The number of aliphatic carboxylic acids is 2. The van der Waals surface area contributed by atoms with Crippen LogP contribution in [-0.4, -0.2) is 49.7 Å². The second-order valence-corrected chi connectivity index (χ2v) is 10.9. The Labute approximate surface area is 217 Å². The molecule has 0 saturated carbocycles. The molecule has 0 spiro atoms. The van der Waals surface area contributed by atoms with Crippen LogP contribution < -0.4 is 9.21 Å². The molecule has 194 valence electrons. The van der Waals surface area contributed by atoms with Gasteiger partial charge in [0.15, 0.2) is 0 Å². The number of benzene rings is 3. The Kier molecular flexibility index (Phi) is 8.14. The predicted octanol–water partition coefficient (Wildman–Crippen LogP) is 4.35. The van der Waals surface area contributed by atoms with Crippen molar-refractivity contribution in [2.75, 3.05) is 22.3 Å². The summed E-state index contributed by atoms with van der Waals surface area (Å²) < 4.78 is 28.9. The summed E-state index contributed by atoms with van der Waals surface area (Å²) >= 11 is 0. The first kappa shape index (κ1) is 27.6. The Morgan fingerprint density at radius 1 is 0.946 bits per heavy atom. The molecule has 0 aromatic heterocycles. The fourth-order valence-corrected chi connectivity index (χ4v) is 6.63. The number of terminal acetylenes is 1. The molecule has 0 saturated heterocycles. The molecule has 0 fully saturated rings. The molecule has 0 heterocycles. The van der Waals surface area contributed by atoms with Gasteiger partial charge in [0.2, 0.25) is 0 Å². The van der Waals surface area contributed by atoms with Crippen LogP contribution in [0.2, 0.25) is 0 Å². The minimum absolute atomic E-state index is 0.0662. The largest absolute Gasteiger partial charge is 0.481 e. The van der Waals surface area contributed by atoms with E-state index in [0.717, 1.165) is 9.87 Å². The van der Waals surface area contributed by atoms with Crippen LogP contribution in [0.1, 0.15) is 30.0 Å². The summed E-state index contributed by atoms with van der Waals surface area (Å²) in [5.74, 6) is 0.284. The van der Waals surface area contributed by atoms with Crippen LogP contribution in [0, 0.1) is 33.1 Å². The van der Waals surface area contributed by atoms with Gasteiger partial charge in [0.05, 0.1) is 23.5 Å². The van der Waals surface area contributed by atoms with Crippen molar-refractivity contribution in [1.82, 2.24) is 0 Å². The smallest absolute Gasteiger partial charge is 0.324 e. The van der Waals surface area contributed by atoms with Gasteiger partial charge >= 0.3 is 11.9 Å². The van der Waals surface area contributed by atoms with Crippen molar-refractivity contribution in [1.29, 1.82) is 0 Å². The average Bonchev–Trinajstić information content (AvgIpc) is 2.79. The molecular formula is C28H30N2O6S. The quantitative estimate of drug-likeness (QED) is 0.381. The Hall–Kier alpha value is -4.03. The maximum atomic E-state index is 14.0. The van der Waals surface area contributed by atoms with Crippen LogP contribution in [0.4, 0.5) is 11.4 Å². The number of nitrogens with zero attached hydrogens (tertiary/aromatic N) is 2. The summed E-state index contributed by atoms with van der Waals surface area (Å²) in [5.41, 5.74) is 2.78. The first-order valence-electron chi connectivity index (χ1n) is 11.6. The van der Waals surface area contributed by atoms with Gasteiger partial charge in [-0.25, -0.2) is 8.42 Å². The molecule has 0 unspecified atom stereocenters. The lowest BCUT2D eigenvalue weighted by atomic mass is 10.0. The molecule has 37 heavy (non-hydrogen) atoms. The van der Waals surface area contributed by atoms with Gasteiger partial charge in [-0.2, -0.15) is 0 Å². The Morgan fingerprint density at radius 3 is 2.00 bits per heavy atom.